The highest BCUT2D eigenvalue weighted by molar-refractivity contribution is 7.53. The van der Waals surface area contributed by atoms with Crippen LogP contribution in [-0.4, -0.2) is 78.8 Å². The van der Waals surface area contributed by atoms with Crippen LogP contribution in [0.2, 0.25) is 5.28 Å². The Bertz CT molecular complexity index is 942. The number of esters is 1. The van der Waals surface area contributed by atoms with Crippen molar-refractivity contribution in [1.82, 2.24) is 19.5 Å². The number of nitrogen functional groups attached to an aromatic ring is 1. The summed E-state index contributed by atoms with van der Waals surface area (Å²) >= 11 is 5.72. The average Bonchev–Trinajstić information content (AvgIpc) is 3.07. The number of aliphatic hydroxyl groups excluding tert-OH is 1. The molecule has 0 aromatic carbocycles. The van der Waals surface area contributed by atoms with Crippen LogP contribution in [0, 0.1) is 0 Å². The monoisotopic (exact) mass is 471 g/mol. The summed E-state index contributed by atoms with van der Waals surface area (Å²) in [5.41, 5.74) is 5.59. The van der Waals surface area contributed by atoms with Gasteiger partial charge in [0.15, 0.2) is 11.5 Å². The van der Waals surface area contributed by atoms with E-state index in [2.05, 4.69) is 19.7 Å². The number of ether oxygens (including phenoxy) is 3. The van der Waals surface area contributed by atoms with Crippen molar-refractivity contribution in [2.75, 3.05) is 26.1 Å². The zero-order valence-electron chi connectivity index (χ0n) is 15.8. The third kappa shape index (κ3) is 5.40. The fourth-order valence-corrected chi connectivity index (χ4v) is 3.24. The second-order valence-electron chi connectivity index (χ2n) is 5.87. The number of imidazole rings is 1. The Balaban J connectivity index is 2.20. The van der Waals surface area contributed by atoms with Gasteiger partial charge in [-0.25, -0.2) is 14.2 Å². The first kappa shape index (κ1) is 24.3. The summed E-state index contributed by atoms with van der Waals surface area (Å²) < 4.78 is 41.7. The minimum atomic E-state index is -5.06. The van der Waals surface area contributed by atoms with Crippen LogP contribution in [0.1, 0.15) is 13.2 Å². The zero-order valence-corrected chi connectivity index (χ0v) is 17.4. The van der Waals surface area contributed by atoms with Crippen LogP contribution < -0.4 is 5.73 Å². The molecule has 1 unspecified atom stereocenters. The van der Waals surface area contributed by atoms with Crippen molar-refractivity contribution in [3.63, 3.8) is 0 Å². The fourth-order valence-electron chi connectivity index (χ4n) is 2.44. The number of anilines is 1. The van der Waals surface area contributed by atoms with E-state index in [0.717, 1.165) is 18.0 Å². The Morgan fingerprint density at radius 2 is 2.10 bits per heavy atom. The minimum absolute atomic E-state index is 0.0448. The molecular weight excluding hydrogens is 452 g/mol. The molecule has 0 aliphatic heterocycles. The number of carbonyl (C=O) groups excluding carboxylic acids is 1. The first-order chi connectivity index (χ1) is 14.0. The number of alkyl halides is 1. The first-order valence-electron chi connectivity index (χ1n) is 8.35. The number of fused-ring (bicyclic) bond motifs is 1. The van der Waals surface area contributed by atoms with Crippen molar-refractivity contribution in [2.45, 2.75) is 31.3 Å². The summed E-state index contributed by atoms with van der Waals surface area (Å²) in [6.45, 7) is 0.530. The van der Waals surface area contributed by atoms with Crippen LogP contribution in [0.15, 0.2) is 6.33 Å². The van der Waals surface area contributed by atoms with Gasteiger partial charge in [0.1, 0.15) is 17.7 Å². The summed E-state index contributed by atoms with van der Waals surface area (Å²) in [4.78, 5) is 41.7. The average molecular weight is 472 g/mol. The van der Waals surface area contributed by atoms with Gasteiger partial charge >= 0.3 is 13.6 Å². The van der Waals surface area contributed by atoms with Gasteiger partial charge in [0.2, 0.25) is 11.6 Å². The lowest BCUT2D eigenvalue weighted by atomic mass is 10.2. The van der Waals surface area contributed by atoms with Gasteiger partial charge in [-0.05, 0) is 18.5 Å². The van der Waals surface area contributed by atoms with E-state index < -0.39 is 44.5 Å². The van der Waals surface area contributed by atoms with Gasteiger partial charge in [-0.15, -0.1) is 0 Å². The van der Waals surface area contributed by atoms with E-state index >= 15 is 0 Å². The van der Waals surface area contributed by atoms with Crippen LogP contribution in [0.4, 0.5) is 10.2 Å². The maximum Gasteiger partial charge on any atom is 0.365 e. The molecule has 4 atom stereocenters. The Hall–Kier alpha value is -1.93. The molecule has 0 aliphatic carbocycles. The number of hydrogen-bond acceptors (Lipinski definition) is 10. The number of aromatic nitrogens is 4. The highest BCUT2D eigenvalue weighted by Gasteiger charge is 2.40. The van der Waals surface area contributed by atoms with E-state index in [9.17, 15) is 28.6 Å². The molecule has 0 saturated carbocycles. The molecule has 13 nitrogen and oxygen atoms in total. The molecule has 0 bridgehead atoms. The zero-order chi connectivity index (χ0) is 22.6. The lowest BCUT2D eigenvalue weighted by Gasteiger charge is -2.26. The maximum atomic E-state index is 15.0. The molecule has 0 fully saturated rings. The molecular formula is C14H20ClFN5O8P. The maximum absolute atomic E-state index is 15.0. The van der Waals surface area contributed by atoms with Gasteiger partial charge < -0.3 is 34.8 Å². The van der Waals surface area contributed by atoms with E-state index in [1.54, 1.807) is 0 Å². The number of aliphatic hydroxyl groups is 1. The number of halogens is 2. The Labute approximate surface area is 174 Å². The molecule has 2 aromatic rings. The van der Waals surface area contributed by atoms with Crippen molar-refractivity contribution in [1.29, 1.82) is 0 Å². The fraction of sp³-hybridized carbons (Fsp3) is 0.571. The van der Waals surface area contributed by atoms with Crippen molar-refractivity contribution < 1.29 is 42.9 Å². The van der Waals surface area contributed by atoms with Crippen LogP contribution in [-0.2, 0) is 23.6 Å². The molecule has 0 spiro atoms. The number of carbonyl (C=O) groups is 1. The van der Waals surface area contributed by atoms with E-state index in [4.69, 9.17) is 26.8 Å². The summed E-state index contributed by atoms with van der Waals surface area (Å²) in [6.07, 6.45) is -4.58. The lowest BCUT2D eigenvalue weighted by Crippen LogP contribution is -2.40. The molecule has 0 radical (unpaired) electrons. The Morgan fingerprint density at radius 1 is 1.43 bits per heavy atom. The molecule has 0 saturated heterocycles. The van der Waals surface area contributed by atoms with E-state index in [0.29, 0.717) is 0 Å². The summed E-state index contributed by atoms with van der Waals surface area (Å²) in [6, 6.07) is 0. The van der Waals surface area contributed by atoms with Crippen LogP contribution in [0.25, 0.3) is 11.2 Å². The predicted molar refractivity (Wildman–Crippen MR) is 100 cm³/mol. The van der Waals surface area contributed by atoms with Gasteiger partial charge in [-0.3, -0.25) is 9.13 Å². The van der Waals surface area contributed by atoms with Gasteiger partial charge in [0, 0.05) is 7.11 Å². The SMILES string of the molecule is CCOC(=O)C(OC[C@@H](OC)[C@@H](O)[C@H](F)n1cnc2c(N)nc(Cl)nc21)P(=O)(O)O. The van der Waals surface area contributed by atoms with Crippen molar-refractivity contribution in [3.8, 4) is 0 Å². The third-order valence-electron chi connectivity index (χ3n) is 3.86. The molecule has 30 heavy (non-hydrogen) atoms. The molecule has 168 valence electrons. The molecule has 0 aliphatic rings. The largest absolute Gasteiger partial charge is 0.464 e. The topological polar surface area (TPSA) is 192 Å². The number of hydrogen-bond donors (Lipinski definition) is 4. The smallest absolute Gasteiger partial charge is 0.365 e. The standard InChI is InChI=1S/C14H20ClFN5O8P/c1-3-28-12(23)13(30(24,25)26)29-4-6(27-2)8(22)9(16)21-5-18-7-10(17)19-14(15)20-11(7)21/h5-6,8-9,13,22H,3-4H2,1-2H3,(H2,17,19,20)(H2,24,25,26)/t6-,8-,9-,13?/m1/s1. The van der Waals surface area contributed by atoms with Crippen LogP contribution >= 0.6 is 19.2 Å². The summed E-state index contributed by atoms with van der Waals surface area (Å²) in [5, 5.41) is 10.1. The number of nitrogens with two attached hydrogens (primary N) is 1. The van der Waals surface area contributed by atoms with Crippen molar-refractivity contribution >= 4 is 42.1 Å². The second kappa shape index (κ2) is 9.92. The number of rotatable bonds is 10. The second-order valence-corrected chi connectivity index (χ2v) is 7.85. The molecule has 5 N–H and O–H groups in total. The lowest BCUT2D eigenvalue weighted by molar-refractivity contribution is -0.157. The molecule has 2 rings (SSSR count). The van der Waals surface area contributed by atoms with Gasteiger partial charge in [-0.2, -0.15) is 9.97 Å². The summed E-state index contributed by atoms with van der Waals surface area (Å²) in [7, 11) is -3.96. The molecule has 2 aromatic heterocycles. The quantitative estimate of drug-likeness (QED) is 0.206. The molecule has 16 heteroatoms. The van der Waals surface area contributed by atoms with E-state index in [1.165, 1.54) is 6.92 Å². The van der Waals surface area contributed by atoms with Crippen LogP contribution in [0.3, 0.4) is 0 Å². The van der Waals surface area contributed by atoms with Gasteiger partial charge in [-0.1, -0.05) is 0 Å². The van der Waals surface area contributed by atoms with Crippen molar-refractivity contribution in [3.05, 3.63) is 11.6 Å². The number of nitrogens with zero attached hydrogens (tertiary/aromatic N) is 4. The molecule has 2 heterocycles. The Morgan fingerprint density at radius 3 is 2.67 bits per heavy atom. The Kier molecular flexibility index (Phi) is 8.05. The van der Waals surface area contributed by atoms with Gasteiger partial charge in [0.25, 0.3) is 5.85 Å². The van der Waals surface area contributed by atoms with Crippen molar-refractivity contribution in [2.24, 2.45) is 0 Å². The predicted octanol–water partition coefficient (Wildman–Crippen LogP) is -0.0106. The normalized spacial score (nSPS) is 16.2. The van der Waals surface area contributed by atoms with Crippen LogP contribution in [0.5, 0.6) is 0 Å². The highest BCUT2D eigenvalue weighted by Crippen LogP contribution is 2.42. The van der Waals surface area contributed by atoms with E-state index in [1.807, 2.05) is 0 Å². The van der Waals surface area contributed by atoms with Gasteiger partial charge in [0.05, 0.1) is 19.5 Å². The summed E-state index contributed by atoms with van der Waals surface area (Å²) in [5.74, 6) is -3.67. The first-order valence-corrected chi connectivity index (χ1v) is 10.4. The highest BCUT2D eigenvalue weighted by atomic mass is 35.5. The van der Waals surface area contributed by atoms with E-state index in [-0.39, 0.29) is 28.9 Å². The third-order valence-corrected chi connectivity index (χ3v) is 5.00. The minimum Gasteiger partial charge on any atom is -0.464 e. The number of methoxy groups -OCH3 is 1. The molecule has 0 amide bonds.